The average Bonchev–Trinajstić information content (AvgIpc) is 3.43. The predicted octanol–water partition coefficient (Wildman–Crippen LogP) is 8.29. The van der Waals surface area contributed by atoms with E-state index in [-0.39, 0.29) is 18.5 Å². The maximum absolute atomic E-state index is 13.8. The summed E-state index contributed by atoms with van der Waals surface area (Å²) in [5.74, 6) is 1.44. The molecule has 37 heavy (non-hydrogen) atoms. The third-order valence-electron chi connectivity index (χ3n) is 7.37. The molecule has 1 aliphatic carbocycles. The molecule has 0 saturated carbocycles. The lowest BCUT2D eigenvalue weighted by molar-refractivity contribution is 0.300. The SMILES string of the molecule is Cc1ccc2c(c1)[C@@H]1C=CC[C@@H]1[C@@H](c1ccc(N=Cc3ccc(OCc4ccccc4F)cc3)cc1)N2. The van der Waals surface area contributed by atoms with Gasteiger partial charge in [0.1, 0.15) is 18.2 Å². The number of hydrogen-bond donors (Lipinski definition) is 1. The Kier molecular flexibility index (Phi) is 6.32. The summed E-state index contributed by atoms with van der Waals surface area (Å²) in [6.45, 7) is 2.36. The van der Waals surface area contributed by atoms with Crippen LogP contribution in [-0.2, 0) is 6.61 Å². The van der Waals surface area contributed by atoms with Gasteiger partial charge < -0.3 is 10.1 Å². The second-order valence-corrected chi connectivity index (χ2v) is 9.87. The Morgan fingerprint density at radius 1 is 0.973 bits per heavy atom. The van der Waals surface area contributed by atoms with E-state index in [0.29, 0.717) is 23.1 Å². The van der Waals surface area contributed by atoms with Crippen LogP contribution in [0.5, 0.6) is 5.75 Å². The highest BCUT2D eigenvalue weighted by Gasteiger charge is 2.37. The fraction of sp³-hybridized carbons (Fsp3) is 0.182. The zero-order chi connectivity index (χ0) is 25.2. The number of nitrogens with zero attached hydrogens (tertiary/aromatic N) is 1. The number of rotatable bonds is 6. The molecule has 2 aliphatic rings. The maximum Gasteiger partial charge on any atom is 0.129 e. The van der Waals surface area contributed by atoms with Crippen molar-refractivity contribution >= 4 is 17.6 Å². The molecule has 4 aromatic rings. The molecule has 0 amide bonds. The van der Waals surface area contributed by atoms with Crippen LogP contribution >= 0.6 is 0 Å². The highest BCUT2D eigenvalue weighted by molar-refractivity contribution is 5.82. The largest absolute Gasteiger partial charge is 0.489 e. The van der Waals surface area contributed by atoms with Gasteiger partial charge in [-0.05, 0) is 84.5 Å². The van der Waals surface area contributed by atoms with E-state index in [4.69, 9.17) is 4.74 Å². The quantitative estimate of drug-likeness (QED) is 0.219. The maximum atomic E-state index is 13.8. The molecule has 1 heterocycles. The zero-order valence-electron chi connectivity index (χ0n) is 20.8. The number of nitrogens with one attached hydrogen (secondary N) is 1. The van der Waals surface area contributed by atoms with Gasteiger partial charge in [0.05, 0.1) is 11.7 Å². The molecule has 6 rings (SSSR count). The van der Waals surface area contributed by atoms with Gasteiger partial charge in [-0.3, -0.25) is 4.99 Å². The number of anilines is 1. The van der Waals surface area contributed by atoms with E-state index in [1.165, 1.54) is 28.4 Å². The van der Waals surface area contributed by atoms with Crippen molar-refractivity contribution in [1.82, 2.24) is 0 Å². The molecule has 184 valence electrons. The lowest BCUT2D eigenvalue weighted by Gasteiger charge is -2.37. The summed E-state index contributed by atoms with van der Waals surface area (Å²) in [4.78, 5) is 4.66. The fourth-order valence-electron chi connectivity index (χ4n) is 5.39. The molecular formula is C33H29FN2O. The van der Waals surface area contributed by atoms with E-state index in [2.05, 4.69) is 71.8 Å². The number of aliphatic imine (C=N–C) groups is 1. The van der Waals surface area contributed by atoms with Gasteiger partial charge in [0, 0.05) is 23.4 Å². The monoisotopic (exact) mass is 488 g/mol. The highest BCUT2D eigenvalue weighted by Crippen LogP contribution is 2.50. The molecule has 0 aromatic heterocycles. The minimum Gasteiger partial charge on any atom is -0.489 e. The normalized spacial score (nSPS) is 19.9. The Hall–Kier alpha value is -4.18. The molecule has 1 N–H and O–H groups in total. The van der Waals surface area contributed by atoms with E-state index in [9.17, 15) is 4.39 Å². The molecule has 0 fully saturated rings. The van der Waals surface area contributed by atoms with Crippen molar-refractivity contribution in [1.29, 1.82) is 0 Å². The van der Waals surface area contributed by atoms with Crippen molar-refractivity contribution in [2.75, 3.05) is 5.32 Å². The average molecular weight is 489 g/mol. The minimum atomic E-state index is -0.254. The summed E-state index contributed by atoms with van der Waals surface area (Å²) < 4.78 is 19.5. The van der Waals surface area contributed by atoms with Gasteiger partial charge in [-0.2, -0.15) is 0 Å². The smallest absolute Gasteiger partial charge is 0.129 e. The lowest BCUT2D eigenvalue weighted by Crippen LogP contribution is -2.29. The number of allylic oxidation sites excluding steroid dienone is 2. The van der Waals surface area contributed by atoms with Crippen LogP contribution < -0.4 is 10.1 Å². The third kappa shape index (κ3) is 4.92. The van der Waals surface area contributed by atoms with Gasteiger partial charge in [-0.25, -0.2) is 4.39 Å². The minimum absolute atomic E-state index is 0.200. The first-order valence-corrected chi connectivity index (χ1v) is 12.8. The molecule has 0 radical (unpaired) electrons. The van der Waals surface area contributed by atoms with E-state index in [1.807, 2.05) is 36.5 Å². The summed E-state index contributed by atoms with van der Waals surface area (Å²) in [5.41, 5.74) is 7.69. The number of fused-ring (bicyclic) bond motifs is 3. The first-order valence-electron chi connectivity index (χ1n) is 12.8. The summed E-state index contributed by atoms with van der Waals surface area (Å²) >= 11 is 0. The molecule has 3 atom stereocenters. The number of ether oxygens (including phenoxy) is 1. The Bertz CT molecular complexity index is 1460. The first kappa shape index (κ1) is 23.2. The van der Waals surface area contributed by atoms with Crippen molar-refractivity contribution in [3.63, 3.8) is 0 Å². The van der Waals surface area contributed by atoms with Gasteiger partial charge in [-0.1, -0.05) is 60.2 Å². The van der Waals surface area contributed by atoms with Crippen LogP contribution in [0.1, 0.15) is 46.2 Å². The zero-order valence-corrected chi connectivity index (χ0v) is 20.8. The van der Waals surface area contributed by atoms with Gasteiger partial charge in [0.25, 0.3) is 0 Å². The van der Waals surface area contributed by atoms with Crippen molar-refractivity contribution in [3.8, 4) is 5.75 Å². The van der Waals surface area contributed by atoms with Crippen LogP contribution in [0.15, 0.2) is 108 Å². The van der Waals surface area contributed by atoms with E-state index in [1.54, 1.807) is 12.1 Å². The van der Waals surface area contributed by atoms with E-state index < -0.39 is 0 Å². The summed E-state index contributed by atoms with van der Waals surface area (Å²) in [5, 5.41) is 3.81. The second-order valence-electron chi connectivity index (χ2n) is 9.87. The van der Waals surface area contributed by atoms with E-state index >= 15 is 0 Å². The molecule has 1 aliphatic heterocycles. The molecule has 0 unspecified atom stereocenters. The van der Waals surface area contributed by atoms with Crippen molar-refractivity contribution in [2.45, 2.75) is 31.9 Å². The predicted molar refractivity (Wildman–Crippen MR) is 148 cm³/mol. The fourth-order valence-corrected chi connectivity index (χ4v) is 5.39. The van der Waals surface area contributed by atoms with Crippen LogP contribution in [0.4, 0.5) is 15.8 Å². The summed E-state index contributed by atoms with van der Waals surface area (Å²) in [7, 11) is 0. The van der Waals surface area contributed by atoms with E-state index in [0.717, 1.165) is 17.7 Å². The van der Waals surface area contributed by atoms with Crippen LogP contribution in [0.25, 0.3) is 0 Å². The standard InChI is InChI=1S/C33H29FN2O/c1-22-9-18-32-30(19-22)28-6-4-7-29(28)33(36-32)24-12-14-26(15-13-24)35-20-23-10-16-27(17-11-23)37-21-25-5-2-3-8-31(25)34/h2-6,8-20,28-29,33,36H,7,21H2,1H3/t28-,29+,33-/m1/s1. The summed E-state index contributed by atoms with van der Waals surface area (Å²) in [6, 6.07) is 29.9. The molecule has 0 spiro atoms. The Balaban J connectivity index is 1.11. The van der Waals surface area contributed by atoms with Crippen LogP contribution in [0.3, 0.4) is 0 Å². The van der Waals surface area contributed by atoms with Crippen molar-refractivity contribution in [2.24, 2.45) is 10.9 Å². The molecule has 4 aromatic carbocycles. The Morgan fingerprint density at radius 2 is 1.78 bits per heavy atom. The number of halogens is 1. The number of benzene rings is 4. The lowest BCUT2D eigenvalue weighted by atomic mass is 9.76. The van der Waals surface area contributed by atoms with Crippen LogP contribution in [-0.4, -0.2) is 6.21 Å². The number of aryl methyl sites for hydroxylation is 1. The van der Waals surface area contributed by atoms with Gasteiger partial charge in [-0.15, -0.1) is 0 Å². The van der Waals surface area contributed by atoms with Crippen LogP contribution in [0.2, 0.25) is 0 Å². The molecule has 4 heteroatoms. The van der Waals surface area contributed by atoms with Crippen LogP contribution in [0, 0.1) is 18.7 Å². The van der Waals surface area contributed by atoms with Gasteiger partial charge in [0.2, 0.25) is 0 Å². The molecular weight excluding hydrogens is 459 g/mol. The Labute approximate surface area is 217 Å². The van der Waals surface area contributed by atoms with Gasteiger partial charge in [0.15, 0.2) is 0 Å². The second kappa shape index (κ2) is 10.1. The van der Waals surface area contributed by atoms with Gasteiger partial charge >= 0.3 is 0 Å². The summed E-state index contributed by atoms with van der Waals surface area (Å²) in [6.07, 6.45) is 7.65. The van der Waals surface area contributed by atoms with Crippen molar-refractivity contribution in [3.05, 3.63) is 137 Å². The first-order chi connectivity index (χ1) is 18.1. The molecule has 0 saturated heterocycles. The molecule has 3 nitrogen and oxygen atoms in total. The molecule has 0 bridgehead atoms. The third-order valence-corrected chi connectivity index (χ3v) is 7.37. The highest BCUT2D eigenvalue weighted by atomic mass is 19.1. The number of hydrogen-bond acceptors (Lipinski definition) is 3. The Morgan fingerprint density at radius 3 is 2.59 bits per heavy atom. The van der Waals surface area contributed by atoms with Crippen molar-refractivity contribution < 1.29 is 9.13 Å². The topological polar surface area (TPSA) is 33.6 Å².